The molecule has 0 bridgehead atoms. The lowest BCUT2D eigenvalue weighted by Crippen LogP contribution is -2.44. The molecule has 1 aliphatic heterocycles. The van der Waals surface area contributed by atoms with E-state index < -0.39 is 0 Å². The molecule has 1 aromatic rings. The van der Waals surface area contributed by atoms with E-state index in [1.165, 1.54) is 17.6 Å². The third kappa shape index (κ3) is 3.28. The SMILES string of the molecule is CC(=Cc1ccccc1)C1CC1NC1CCNC(=O)C1. The smallest absolute Gasteiger partial charge is 0.221 e. The van der Waals surface area contributed by atoms with E-state index in [1.54, 1.807) is 0 Å². The van der Waals surface area contributed by atoms with Crippen LogP contribution in [0, 0.1) is 5.92 Å². The van der Waals surface area contributed by atoms with Gasteiger partial charge in [0, 0.05) is 25.0 Å². The van der Waals surface area contributed by atoms with E-state index >= 15 is 0 Å². The topological polar surface area (TPSA) is 41.1 Å². The number of piperidine rings is 1. The van der Waals surface area contributed by atoms with E-state index in [4.69, 9.17) is 0 Å². The van der Waals surface area contributed by atoms with Crippen molar-refractivity contribution in [2.75, 3.05) is 6.54 Å². The number of nitrogens with one attached hydrogen (secondary N) is 2. The van der Waals surface area contributed by atoms with Gasteiger partial charge in [-0.05, 0) is 31.2 Å². The Morgan fingerprint density at radius 2 is 2.15 bits per heavy atom. The highest BCUT2D eigenvalue weighted by Crippen LogP contribution is 2.38. The summed E-state index contributed by atoms with van der Waals surface area (Å²) in [5.74, 6) is 0.822. The minimum Gasteiger partial charge on any atom is -0.356 e. The van der Waals surface area contributed by atoms with Gasteiger partial charge >= 0.3 is 0 Å². The van der Waals surface area contributed by atoms with Crippen molar-refractivity contribution < 1.29 is 4.79 Å². The van der Waals surface area contributed by atoms with Crippen LogP contribution in [0.1, 0.15) is 31.7 Å². The molecule has 3 atom stereocenters. The lowest BCUT2D eigenvalue weighted by Gasteiger charge is -2.23. The first-order valence-electron chi connectivity index (χ1n) is 7.48. The monoisotopic (exact) mass is 270 g/mol. The summed E-state index contributed by atoms with van der Waals surface area (Å²) in [6, 6.07) is 11.4. The van der Waals surface area contributed by atoms with Crippen LogP contribution >= 0.6 is 0 Å². The first-order valence-corrected chi connectivity index (χ1v) is 7.48. The van der Waals surface area contributed by atoms with Crippen molar-refractivity contribution in [1.82, 2.24) is 10.6 Å². The Hall–Kier alpha value is -1.61. The standard InChI is InChI=1S/C17H22N2O/c1-12(9-13-5-3-2-4-6-13)15-11-16(15)19-14-7-8-18-17(20)10-14/h2-6,9,14-16,19H,7-8,10-11H2,1H3,(H,18,20). The van der Waals surface area contributed by atoms with Gasteiger partial charge in [0.25, 0.3) is 0 Å². The summed E-state index contributed by atoms with van der Waals surface area (Å²) < 4.78 is 0. The van der Waals surface area contributed by atoms with Crippen LogP contribution in [0.5, 0.6) is 0 Å². The summed E-state index contributed by atoms with van der Waals surface area (Å²) in [6.07, 6.45) is 5.16. The van der Waals surface area contributed by atoms with Crippen molar-refractivity contribution in [2.24, 2.45) is 5.92 Å². The summed E-state index contributed by atoms with van der Waals surface area (Å²) in [5.41, 5.74) is 2.71. The lowest BCUT2D eigenvalue weighted by molar-refractivity contribution is -0.122. The van der Waals surface area contributed by atoms with Gasteiger partial charge in [0.15, 0.2) is 0 Å². The summed E-state index contributed by atoms with van der Waals surface area (Å²) in [5, 5.41) is 6.52. The van der Waals surface area contributed by atoms with Crippen molar-refractivity contribution in [3.8, 4) is 0 Å². The Morgan fingerprint density at radius 3 is 2.90 bits per heavy atom. The second-order valence-corrected chi connectivity index (χ2v) is 5.95. The number of carbonyl (C=O) groups excluding carboxylic acids is 1. The molecule has 2 fully saturated rings. The minimum atomic E-state index is 0.183. The molecule has 1 aromatic carbocycles. The van der Waals surface area contributed by atoms with Gasteiger partial charge in [0.1, 0.15) is 0 Å². The van der Waals surface area contributed by atoms with Crippen molar-refractivity contribution in [3.63, 3.8) is 0 Å². The number of benzene rings is 1. The third-order valence-electron chi connectivity index (χ3n) is 4.27. The molecular formula is C17H22N2O. The van der Waals surface area contributed by atoms with Crippen LogP contribution in [0.2, 0.25) is 0 Å². The van der Waals surface area contributed by atoms with Gasteiger partial charge in [-0.3, -0.25) is 4.79 Å². The third-order valence-corrected chi connectivity index (χ3v) is 4.27. The molecule has 2 N–H and O–H groups in total. The first kappa shape index (κ1) is 13.4. The van der Waals surface area contributed by atoms with Gasteiger partial charge in [-0.15, -0.1) is 0 Å². The molecule has 1 amide bonds. The highest BCUT2D eigenvalue weighted by atomic mass is 16.1. The van der Waals surface area contributed by atoms with Crippen molar-refractivity contribution in [1.29, 1.82) is 0 Å². The largest absolute Gasteiger partial charge is 0.356 e. The maximum Gasteiger partial charge on any atom is 0.221 e. The lowest BCUT2D eigenvalue weighted by atomic mass is 10.1. The van der Waals surface area contributed by atoms with E-state index in [1.807, 2.05) is 6.07 Å². The van der Waals surface area contributed by atoms with E-state index in [0.29, 0.717) is 24.4 Å². The van der Waals surface area contributed by atoms with Crippen LogP contribution in [0.25, 0.3) is 6.08 Å². The molecule has 3 unspecified atom stereocenters. The fraction of sp³-hybridized carbons (Fsp3) is 0.471. The second kappa shape index (κ2) is 5.80. The summed E-state index contributed by atoms with van der Waals surface area (Å²) >= 11 is 0. The average Bonchev–Trinajstić information content (AvgIpc) is 3.19. The summed E-state index contributed by atoms with van der Waals surface area (Å²) in [4.78, 5) is 11.4. The Bertz CT molecular complexity index is 509. The Balaban J connectivity index is 1.53. The van der Waals surface area contributed by atoms with Crippen molar-refractivity contribution in [3.05, 3.63) is 41.5 Å². The molecule has 0 aromatic heterocycles. The predicted molar refractivity (Wildman–Crippen MR) is 81.2 cm³/mol. The maximum absolute atomic E-state index is 11.4. The van der Waals surface area contributed by atoms with Crippen molar-refractivity contribution in [2.45, 2.75) is 38.3 Å². The van der Waals surface area contributed by atoms with E-state index in [9.17, 15) is 4.79 Å². The fourth-order valence-corrected chi connectivity index (χ4v) is 3.03. The summed E-state index contributed by atoms with van der Waals surface area (Å²) in [6.45, 7) is 3.03. The molecule has 106 valence electrons. The molecule has 3 heteroatoms. The van der Waals surface area contributed by atoms with Crippen LogP contribution < -0.4 is 10.6 Å². The molecule has 1 aliphatic carbocycles. The zero-order chi connectivity index (χ0) is 13.9. The molecule has 0 radical (unpaired) electrons. The highest BCUT2D eigenvalue weighted by Gasteiger charge is 2.39. The van der Waals surface area contributed by atoms with Gasteiger partial charge in [-0.25, -0.2) is 0 Å². The predicted octanol–water partition coefficient (Wildman–Crippen LogP) is 2.35. The molecule has 20 heavy (non-hydrogen) atoms. The number of amides is 1. The molecule has 1 heterocycles. The zero-order valence-corrected chi connectivity index (χ0v) is 11.9. The van der Waals surface area contributed by atoms with Crippen LogP contribution in [0.3, 0.4) is 0 Å². The second-order valence-electron chi connectivity index (χ2n) is 5.95. The van der Waals surface area contributed by atoms with Crippen LogP contribution in [0.4, 0.5) is 0 Å². The fourth-order valence-electron chi connectivity index (χ4n) is 3.03. The molecule has 1 saturated carbocycles. The molecule has 3 rings (SSSR count). The molecule has 3 nitrogen and oxygen atoms in total. The Labute approximate surface area is 120 Å². The minimum absolute atomic E-state index is 0.183. The van der Waals surface area contributed by atoms with Crippen molar-refractivity contribution >= 4 is 12.0 Å². The molecule has 1 saturated heterocycles. The van der Waals surface area contributed by atoms with Gasteiger partial charge < -0.3 is 10.6 Å². The van der Waals surface area contributed by atoms with E-state index in [2.05, 4.69) is 47.9 Å². The number of hydrogen-bond acceptors (Lipinski definition) is 2. The van der Waals surface area contributed by atoms with Gasteiger partial charge in [0.05, 0.1) is 0 Å². The van der Waals surface area contributed by atoms with E-state index in [0.717, 1.165) is 13.0 Å². The molecular weight excluding hydrogens is 248 g/mol. The van der Waals surface area contributed by atoms with Crippen LogP contribution in [-0.2, 0) is 4.79 Å². The molecule has 2 aliphatic rings. The quantitative estimate of drug-likeness (QED) is 0.882. The number of hydrogen-bond donors (Lipinski definition) is 2. The van der Waals surface area contributed by atoms with Gasteiger partial charge in [-0.1, -0.05) is 42.0 Å². The number of carbonyl (C=O) groups is 1. The number of rotatable bonds is 4. The zero-order valence-electron chi connectivity index (χ0n) is 11.9. The van der Waals surface area contributed by atoms with Crippen LogP contribution in [-0.4, -0.2) is 24.5 Å². The Morgan fingerprint density at radius 1 is 1.35 bits per heavy atom. The molecule has 0 spiro atoms. The summed E-state index contributed by atoms with van der Waals surface area (Å²) in [7, 11) is 0. The van der Waals surface area contributed by atoms with E-state index in [-0.39, 0.29) is 5.91 Å². The first-order chi connectivity index (χ1) is 9.72. The highest BCUT2D eigenvalue weighted by molar-refractivity contribution is 5.77. The maximum atomic E-state index is 11.4. The Kier molecular flexibility index (Phi) is 3.88. The average molecular weight is 270 g/mol. The van der Waals surface area contributed by atoms with Gasteiger partial charge in [-0.2, -0.15) is 0 Å². The normalized spacial score (nSPS) is 29.9. The van der Waals surface area contributed by atoms with Gasteiger partial charge in [0.2, 0.25) is 5.91 Å². The van der Waals surface area contributed by atoms with Crippen LogP contribution in [0.15, 0.2) is 35.9 Å².